The van der Waals surface area contributed by atoms with E-state index in [1.54, 1.807) is 0 Å². The highest BCUT2D eigenvalue weighted by molar-refractivity contribution is 5.65. The van der Waals surface area contributed by atoms with Gasteiger partial charge in [0.1, 0.15) is 0 Å². The molecule has 228 valence electrons. The molecule has 0 fully saturated rings. The molecule has 0 amide bonds. The van der Waals surface area contributed by atoms with E-state index < -0.39 is 0 Å². The summed E-state index contributed by atoms with van der Waals surface area (Å²) in [6.07, 6.45) is 13.3. The van der Waals surface area contributed by atoms with Crippen LogP contribution in [0, 0.1) is 33.1 Å². The molecule has 0 bridgehead atoms. The molecule has 3 rings (SSSR count). The smallest absolute Gasteiger partial charge is 0.0248 e. The third kappa shape index (κ3) is 22.3. The van der Waals surface area contributed by atoms with Gasteiger partial charge in [-0.2, -0.15) is 0 Å². The predicted molar refractivity (Wildman–Crippen MR) is 192 cm³/mol. The number of unbranched alkanes of at least 4 members (excludes halogenated alkanes) is 3. The third-order valence-corrected chi connectivity index (χ3v) is 6.12. The number of aryl methyl sites for hydroxylation is 3. The van der Waals surface area contributed by atoms with Crippen molar-refractivity contribution < 1.29 is 0 Å². The molecule has 3 aromatic rings. The molecule has 3 aromatic carbocycles. The van der Waals surface area contributed by atoms with E-state index in [1.807, 2.05) is 18.2 Å². The lowest BCUT2D eigenvalue weighted by atomic mass is 9.83. The van der Waals surface area contributed by atoms with Gasteiger partial charge < -0.3 is 0 Å². The molecule has 0 aliphatic heterocycles. The van der Waals surface area contributed by atoms with E-state index in [9.17, 15) is 0 Å². The van der Waals surface area contributed by atoms with Crippen LogP contribution in [0.1, 0.15) is 129 Å². The average molecular weight is 557 g/mol. The van der Waals surface area contributed by atoms with E-state index in [0.717, 1.165) is 5.56 Å². The van der Waals surface area contributed by atoms with Crippen molar-refractivity contribution in [3.63, 3.8) is 0 Å². The quantitative estimate of drug-likeness (QED) is 0.221. The molecule has 0 N–H and O–H groups in total. The van der Waals surface area contributed by atoms with Crippen LogP contribution in [-0.2, 0) is 5.41 Å². The standard InChI is InChI=1S/C15H12.C12H18.3C4H10.C2H4/c1-3-13-5-4-6-15(11-13)14-9-7-12(2)8-10-14;1-9-6-7-10(2)11(8-9)12(3,4)5;3*1-3-4-2;1-2/h1,4-11H,2H3;6-8H,1-5H3;3*3-4H2,1-2H3;1-2H2. The van der Waals surface area contributed by atoms with Crippen LogP contribution in [-0.4, -0.2) is 0 Å². The third-order valence-electron chi connectivity index (χ3n) is 6.12. The zero-order chi connectivity index (χ0) is 32.3. The molecule has 0 saturated heterocycles. The summed E-state index contributed by atoms with van der Waals surface area (Å²) in [5.41, 5.74) is 9.06. The number of rotatable bonds is 4. The van der Waals surface area contributed by atoms with Gasteiger partial charge in [0.15, 0.2) is 0 Å². The molecule has 0 aromatic heterocycles. The summed E-state index contributed by atoms with van der Waals surface area (Å²) in [5.74, 6) is 2.65. The van der Waals surface area contributed by atoms with Gasteiger partial charge in [-0.05, 0) is 60.6 Å². The summed E-state index contributed by atoms with van der Waals surface area (Å²) in [7, 11) is 0. The van der Waals surface area contributed by atoms with Crippen LogP contribution in [0.4, 0.5) is 0 Å². The second kappa shape index (κ2) is 27.1. The SMILES string of the molecule is C#Cc1cccc(-c2ccc(C)cc2)c1.C=C.CCCC.CCCC.CCCC.Cc1ccc(C)c(C(C)(C)C)c1. The van der Waals surface area contributed by atoms with Crippen molar-refractivity contribution in [2.24, 2.45) is 0 Å². The molecule has 0 radical (unpaired) electrons. The normalized spacial score (nSPS) is 9.24. The van der Waals surface area contributed by atoms with E-state index in [4.69, 9.17) is 6.42 Å². The molecule has 0 heterocycles. The lowest BCUT2D eigenvalue weighted by Gasteiger charge is -2.22. The van der Waals surface area contributed by atoms with Crippen molar-refractivity contribution in [1.29, 1.82) is 0 Å². The molecule has 0 unspecified atom stereocenters. The van der Waals surface area contributed by atoms with Crippen molar-refractivity contribution >= 4 is 0 Å². The first-order valence-electron chi connectivity index (χ1n) is 15.7. The Morgan fingerprint density at radius 1 is 0.585 bits per heavy atom. The fourth-order valence-corrected chi connectivity index (χ4v) is 3.08. The van der Waals surface area contributed by atoms with Crippen LogP contribution in [0.25, 0.3) is 11.1 Å². The molecule has 41 heavy (non-hydrogen) atoms. The number of benzene rings is 3. The Balaban J connectivity index is -0.000000493. The molecule has 0 heteroatoms. The molecule has 0 atom stereocenters. The molecular weight excluding hydrogens is 492 g/mol. The summed E-state index contributed by atoms with van der Waals surface area (Å²) in [6, 6.07) is 23.2. The molecule has 0 spiro atoms. The fourth-order valence-electron chi connectivity index (χ4n) is 3.08. The minimum absolute atomic E-state index is 0.274. The van der Waals surface area contributed by atoms with Crippen LogP contribution >= 0.6 is 0 Å². The molecule has 0 saturated carbocycles. The van der Waals surface area contributed by atoms with E-state index in [2.05, 4.69) is 151 Å². The van der Waals surface area contributed by atoms with E-state index in [1.165, 1.54) is 71.9 Å². The van der Waals surface area contributed by atoms with E-state index >= 15 is 0 Å². The minimum atomic E-state index is 0.274. The van der Waals surface area contributed by atoms with Crippen LogP contribution in [0.15, 0.2) is 79.9 Å². The Morgan fingerprint density at radius 3 is 1.39 bits per heavy atom. The van der Waals surface area contributed by atoms with E-state index in [0.29, 0.717) is 0 Å². The summed E-state index contributed by atoms with van der Waals surface area (Å²) < 4.78 is 0. The van der Waals surface area contributed by atoms with Crippen molar-refractivity contribution in [2.45, 2.75) is 127 Å². The fraction of sp³-hybridized carbons (Fsp3) is 0.463. The number of hydrogen-bond acceptors (Lipinski definition) is 0. The van der Waals surface area contributed by atoms with Gasteiger partial charge >= 0.3 is 0 Å². The van der Waals surface area contributed by atoms with Crippen LogP contribution in [0.3, 0.4) is 0 Å². The van der Waals surface area contributed by atoms with Gasteiger partial charge in [0.2, 0.25) is 0 Å². The highest BCUT2D eigenvalue weighted by Gasteiger charge is 2.15. The van der Waals surface area contributed by atoms with Gasteiger partial charge in [0, 0.05) is 5.56 Å². The summed E-state index contributed by atoms with van der Waals surface area (Å²) in [6.45, 7) is 32.3. The number of hydrogen-bond donors (Lipinski definition) is 0. The van der Waals surface area contributed by atoms with Crippen LogP contribution in [0.5, 0.6) is 0 Å². The maximum Gasteiger partial charge on any atom is 0.0248 e. The lowest BCUT2D eigenvalue weighted by molar-refractivity contribution is 0.585. The van der Waals surface area contributed by atoms with Gasteiger partial charge in [-0.1, -0.05) is 172 Å². The first kappa shape index (κ1) is 42.4. The van der Waals surface area contributed by atoms with Crippen LogP contribution < -0.4 is 0 Å². The second-order valence-electron chi connectivity index (χ2n) is 11.2. The Morgan fingerprint density at radius 2 is 1.02 bits per heavy atom. The molecule has 0 aliphatic rings. The van der Waals surface area contributed by atoms with Gasteiger partial charge in [-0.15, -0.1) is 19.6 Å². The predicted octanol–water partition coefficient (Wildman–Crippen LogP) is 13.5. The van der Waals surface area contributed by atoms with Gasteiger partial charge in [-0.3, -0.25) is 0 Å². The zero-order valence-corrected chi connectivity index (χ0v) is 29.1. The van der Waals surface area contributed by atoms with Crippen molar-refractivity contribution in [2.75, 3.05) is 0 Å². The Kier molecular flexibility index (Phi) is 28.1. The molecule has 0 nitrogen and oxygen atoms in total. The van der Waals surface area contributed by atoms with Crippen LogP contribution in [0.2, 0.25) is 0 Å². The highest BCUT2D eigenvalue weighted by Crippen LogP contribution is 2.26. The zero-order valence-electron chi connectivity index (χ0n) is 29.1. The highest BCUT2D eigenvalue weighted by atomic mass is 14.2. The largest absolute Gasteiger partial charge is 0.115 e. The topological polar surface area (TPSA) is 0 Å². The summed E-state index contributed by atoms with van der Waals surface area (Å²) in [5, 5.41) is 0. The van der Waals surface area contributed by atoms with E-state index in [-0.39, 0.29) is 5.41 Å². The van der Waals surface area contributed by atoms with Crippen molar-refractivity contribution in [3.8, 4) is 23.5 Å². The van der Waals surface area contributed by atoms with Crippen molar-refractivity contribution in [3.05, 3.63) is 108 Å². The molecular formula is C41H64. The van der Waals surface area contributed by atoms with Gasteiger partial charge in [-0.25, -0.2) is 0 Å². The Labute approximate surface area is 257 Å². The second-order valence-corrected chi connectivity index (χ2v) is 11.2. The maximum absolute atomic E-state index is 5.37. The first-order chi connectivity index (χ1) is 19.4. The monoisotopic (exact) mass is 557 g/mol. The first-order valence-corrected chi connectivity index (χ1v) is 15.7. The summed E-state index contributed by atoms with van der Waals surface area (Å²) in [4.78, 5) is 0. The average Bonchev–Trinajstić information content (AvgIpc) is 3.00. The number of terminal acetylenes is 1. The minimum Gasteiger partial charge on any atom is -0.115 e. The molecule has 0 aliphatic carbocycles. The Hall–Kier alpha value is -3.04. The Bertz CT molecular complexity index is 1020. The maximum atomic E-state index is 5.37. The van der Waals surface area contributed by atoms with Gasteiger partial charge in [0.25, 0.3) is 0 Å². The lowest BCUT2D eigenvalue weighted by Crippen LogP contribution is -2.13. The summed E-state index contributed by atoms with van der Waals surface area (Å²) >= 11 is 0. The van der Waals surface area contributed by atoms with Crippen molar-refractivity contribution in [1.82, 2.24) is 0 Å². The van der Waals surface area contributed by atoms with Gasteiger partial charge in [0.05, 0.1) is 0 Å².